The Morgan fingerprint density at radius 1 is 0.393 bits per heavy atom. The van der Waals surface area contributed by atoms with Crippen molar-refractivity contribution >= 4 is 17.5 Å². The topological polar surface area (TPSA) is 101 Å². The number of carbonyl (C=O) groups is 3. The van der Waals surface area contributed by atoms with Crippen LogP contribution in [0.15, 0.2) is 24.3 Å². The van der Waals surface area contributed by atoms with Gasteiger partial charge in [0.2, 0.25) is 0 Å². The summed E-state index contributed by atoms with van der Waals surface area (Å²) in [7, 11) is 0. The summed E-state index contributed by atoms with van der Waals surface area (Å²) in [6.07, 6.45) is 52.5. The fourth-order valence-electron chi connectivity index (χ4n) is 8.44. The average Bonchev–Trinajstić information content (AvgIpc) is 3.26. The van der Waals surface area contributed by atoms with Gasteiger partial charge in [-0.3, -0.25) is 14.4 Å². The van der Waals surface area contributed by atoms with Gasteiger partial charge in [-0.25, -0.2) is 0 Å². The van der Waals surface area contributed by atoms with Crippen LogP contribution >= 0.6 is 0 Å². The molecule has 0 rings (SSSR count). The molecular formula is C55H102O6. The molecule has 1 unspecified atom stereocenters. The number of esters is 1. The number of aliphatic hydroxyl groups excluding tert-OH is 2. The fraction of sp³-hybridized carbons (Fsp3) is 0.873. The van der Waals surface area contributed by atoms with Gasteiger partial charge in [0.25, 0.3) is 5.60 Å². The molecule has 0 saturated heterocycles. The van der Waals surface area contributed by atoms with E-state index in [-0.39, 0.29) is 19.3 Å². The van der Waals surface area contributed by atoms with Crippen LogP contribution in [-0.2, 0) is 19.1 Å². The molecule has 0 aliphatic heterocycles. The van der Waals surface area contributed by atoms with E-state index in [9.17, 15) is 24.6 Å². The third-order valence-electron chi connectivity index (χ3n) is 12.6. The second kappa shape index (κ2) is 46.2. The van der Waals surface area contributed by atoms with Crippen molar-refractivity contribution in [3.05, 3.63) is 24.3 Å². The molecule has 0 aromatic rings. The van der Waals surface area contributed by atoms with E-state index in [2.05, 4.69) is 45.1 Å². The molecule has 1 atom stereocenters. The second-order valence-corrected chi connectivity index (χ2v) is 18.4. The van der Waals surface area contributed by atoms with Gasteiger partial charge in [-0.1, -0.05) is 225 Å². The van der Waals surface area contributed by atoms with Crippen molar-refractivity contribution < 1.29 is 29.3 Å². The van der Waals surface area contributed by atoms with Crippen LogP contribution in [0, 0.1) is 0 Å². The molecule has 0 heterocycles. The monoisotopic (exact) mass is 859 g/mol. The predicted molar refractivity (Wildman–Crippen MR) is 261 cm³/mol. The van der Waals surface area contributed by atoms with Gasteiger partial charge in [-0.2, -0.15) is 0 Å². The third-order valence-corrected chi connectivity index (χ3v) is 12.6. The van der Waals surface area contributed by atoms with Crippen LogP contribution in [0.4, 0.5) is 0 Å². The minimum atomic E-state index is -2.33. The van der Waals surface area contributed by atoms with Gasteiger partial charge in [0.1, 0.15) is 6.10 Å². The largest absolute Gasteiger partial charge is 0.440 e. The second-order valence-electron chi connectivity index (χ2n) is 18.4. The summed E-state index contributed by atoms with van der Waals surface area (Å²) < 4.78 is 5.81. The summed E-state index contributed by atoms with van der Waals surface area (Å²) in [5, 5.41) is 21.2. The first kappa shape index (κ1) is 59.2. The molecule has 6 heteroatoms. The van der Waals surface area contributed by atoms with Crippen LogP contribution < -0.4 is 0 Å². The van der Waals surface area contributed by atoms with E-state index >= 15 is 0 Å². The van der Waals surface area contributed by atoms with Crippen LogP contribution in [0.5, 0.6) is 0 Å². The van der Waals surface area contributed by atoms with E-state index in [1.165, 1.54) is 135 Å². The lowest BCUT2D eigenvalue weighted by Gasteiger charge is -2.34. The number of aliphatic hydroxyl groups is 2. The van der Waals surface area contributed by atoms with Crippen molar-refractivity contribution in [1.29, 1.82) is 0 Å². The smallest absolute Gasteiger partial charge is 0.307 e. The van der Waals surface area contributed by atoms with Crippen LogP contribution in [0.2, 0.25) is 0 Å². The normalized spacial score (nSPS) is 12.5. The standard InChI is InChI=1S/C55H102O6/c1-4-7-10-13-16-19-22-25-27-30-32-35-38-41-44-47-51(57)55(53(59)50-56,61-54(60)49-46-43-40-37-34-29-24-21-18-15-12-9-6-3)52(58)48-45-42-39-36-33-31-28-26-23-20-17-14-11-8-5-2/h25-28,53,56,59H,4-24,29-50H2,1-3H3/b27-25-,28-26-. The van der Waals surface area contributed by atoms with Crippen molar-refractivity contribution in [2.75, 3.05) is 6.61 Å². The van der Waals surface area contributed by atoms with E-state index in [0.29, 0.717) is 19.3 Å². The Morgan fingerprint density at radius 2 is 0.639 bits per heavy atom. The number of ketones is 2. The first-order chi connectivity index (χ1) is 29.9. The molecule has 0 aliphatic rings. The summed E-state index contributed by atoms with van der Waals surface area (Å²) in [4.78, 5) is 41.2. The summed E-state index contributed by atoms with van der Waals surface area (Å²) in [6, 6.07) is 0. The highest BCUT2D eigenvalue weighted by molar-refractivity contribution is 6.12. The Bertz CT molecular complexity index is 981. The number of unbranched alkanes of at least 4 members (excludes halogenated alkanes) is 34. The van der Waals surface area contributed by atoms with Gasteiger partial charge < -0.3 is 14.9 Å². The average molecular weight is 859 g/mol. The lowest BCUT2D eigenvalue weighted by Crippen LogP contribution is -2.60. The number of hydrogen-bond donors (Lipinski definition) is 2. The number of rotatable bonds is 49. The Labute approximate surface area is 378 Å². The lowest BCUT2D eigenvalue weighted by molar-refractivity contribution is -0.188. The molecule has 358 valence electrons. The molecule has 0 fully saturated rings. The molecule has 0 aromatic carbocycles. The Hall–Kier alpha value is -1.79. The van der Waals surface area contributed by atoms with Crippen LogP contribution in [0.1, 0.15) is 290 Å². The van der Waals surface area contributed by atoms with E-state index in [1.54, 1.807) is 0 Å². The van der Waals surface area contributed by atoms with Crippen molar-refractivity contribution in [2.24, 2.45) is 0 Å². The first-order valence-electron chi connectivity index (χ1n) is 26.8. The van der Waals surface area contributed by atoms with Gasteiger partial charge in [0.05, 0.1) is 6.61 Å². The number of carbonyl (C=O) groups excluding carboxylic acids is 3. The van der Waals surface area contributed by atoms with Crippen molar-refractivity contribution in [2.45, 2.75) is 302 Å². The van der Waals surface area contributed by atoms with Crippen molar-refractivity contribution in [3.63, 3.8) is 0 Å². The Balaban J connectivity index is 4.94. The third kappa shape index (κ3) is 35.3. The summed E-state index contributed by atoms with van der Waals surface area (Å²) in [6.45, 7) is 5.94. The van der Waals surface area contributed by atoms with Crippen LogP contribution in [-0.4, -0.2) is 46.1 Å². The van der Waals surface area contributed by atoms with E-state index in [4.69, 9.17) is 4.74 Å². The maximum absolute atomic E-state index is 13.9. The Kier molecular flexibility index (Phi) is 44.9. The first-order valence-corrected chi connectivity index (χ1v) is 26.8. The molecule has 0 amide bonds. The van der Waals surface area contributed by atoms with Gasteiger partial charge in [-0.05, 0) is 70.6 Å². The number of allylic oxidation sites excluding steroid dienone is 4. The summed E-state index contributed by atoms with van der Waals surface area (Å²) in [5.74, 6) is -1.77. The van der Waals surface area contributed by atoms with Gasteiger partial charge in [0.15, 0.2) is 11.6 Å². The SMILES string of the molecule is CCCCCCCC/C=C\CCCCCCCC(=O)C(OC(=O)CCCCCCCCCCCCCCC)(C(=O)CCCCCCC/C=C\CCCCCCCC)C(O)CO. The molecule has 0 aromatic heterocycles. The molecule has 6 nitrogen and oxygen atoms in total. The molecule has 61 heavy (non-hydrogen) atoms. The molecule has 0 bridgehead atoms. The number of hydrogen-bond acceptors (Lipinski definition) is 6. The predicted octanol–water partition coefficient (Wildman–Crippen LogP) is 16.3. The number of ether oxygens (including phenoxy) is 1. The zero-order valence-corrected chi connectivity index (χ0v) is 40.8. The molecule has 0 aliphatic carbocycles. The zero-order valence-electron chi connectivity index (χ0n) is 40.8. The highest BCUT2D eigenvalue weighted by Gasteiger charge is 2.53. The van der Waals surface area contributed by atoms with E-state index in [0.717, 1.165) is 96.3 Å². The molecular weight excluding hydrogens is 757 g/mol. The van der Waals surface area contributed by atoms with Crippen LogP contribution in [0.25, 0.3) is 0 Å². The molecule has 0 saturated carbocycles. The highest BCUT2D eigenvalue weighted by Crippen LogP contribution is 2.28. The number of Topliss-reactive ketones (excluding diaryl/α,β-unsaturated/α-hetero) is 2. The lowest BCUT2D eigenvalue weighted by atomic mass is 9.82. The fourth-order valence-corrected chi connectivity index (χ4v) is 8.44. The maximum atomic E-state index is 13.9. The van der Waals surface area contributed by atoms with E-state index < -0.39 is 35.8 Å². The van der Waals surface area contributed by atoms with Gasteiger partial charge >= 0.3 is 5.97 Å². The molecule has 2 N–H and O–H groups in total. The van der Waals surface area contributed by atoms with Gasteiger partial charge in [0, 0.05) is 19.3 Å². The minimum Gasteiger partial charge on any atom is -0.440 e. The summed E-state index contributed by atoms with van der Waals surface area (Å²) in [5.41, 5.74) is -2.33. The van der Waals surface area contributed by atoms with Crippen LogP contribution in [0.3, 0.4) is 0 Å². The van der Waals surface area contributed by atoms with Crippen molar-refractivity contribution in [3.8, 4) is 0 Å². The quantitative estimate of drug-likeness (QED) is 0.0273. The minimum absolute atomic E-state index is 0.0410. The van der Waals surface area contributed by atoms with E-state index in [1.807, 2.05) is 0 Å². The zero-order chi connectivity index (χ0) is 44.8. The summed E-state index contributed by atoms with van der Waals surface area (Å²) >= 11 is 0. The van der Waals surface area contributed by atoms with Gasteiger partial charge in [-0.15, -0.1) is 0 Å². The molecule has 0 radical (unpaired) electrons. The highest BCUT2D eigenvalue weighted by atomic mass is 16.6. The molecule has 0 spiro atoms. The maximum Gasteiger partial charge on any atom is 0.307 e. The van der Waals surface area contributed by atoms with Crippen molar-refractivity contribution in [1.82, 2.24) is 0 Å². The Morgan fingerprint density at radius 3 is 0.918 bits per heavy atom.